The maximum atomic E-state index is 11.9. The van der Waals surface area contributed by atoms with E-state index in [1.165, 1.54) is 19.2 Å². The molecule has 0 aliphatic carbocycles. The summed E-state index contributed by atoms with van der Waals surface area (Å²) in [6.07, 6.45) is 1.62. The molecule has 1 aliphatic rings. The quantitative estimate of drug-likeness (QED) is 0.648. The maximum absolute atomic E-state index is 11.9. The molecule has 7 heteroatoms. The number of benzene rings is 1. The lowest BCUT2D eigenvalue weighted by Crippen LogP contribution is -2.29. The van der Waals surface area contributed by atoms with Crippen LogP contribution in [0.5, 0.6) is 0 Å². The Labute approximate surface area is 127 Å². The zero-order valence-corrected chi connectivity index (χ0v) is 12.5. The zero-order chi connectivity index (χ0) is 15.2. The van der Waals surface area contributed by atoms with Crippen LogP contribution in [0.1, 0.15) is 28.9 Å². The Morgan fingerprint density at radius 3 is 2.57 bits per heavy atom. The van der Waals surface area contributed by atoms with Gasteiger partial charge in [0.15, 0.2) is 0 Å². The van der Waals surface area contributed by atoms with Crippen LogP contribution in [-0.2, 0) is 14.3 Å². The smallest absolute Gasteiger partial charge is 0.337 e. The molecule has 0 saturated carbocycles. The lowest BCUT2D eigenvalue weighted by molar-refractivity contribution is -0.138. The first-order valence-electron chi connectivity index (χ1n) is 6.39. The van der Waals surface area contributed by atoms with Gasteiger partial charge in [0, 0.05) is 18.3 Å². The molecule has 0 radical (unpaired) electrons. The van der Waals surface area contributed by atoms with Crippen LogP contribution < -0.4 is 9.44 Å². The van der Waals surface area contributed by atoms with Crippen LogP contribution in [0.2, 0.25) is 0 Å². The molecule has 1 aromatic carbocycles. The Kier molecular flexibility index (Phi) is 5.24. The van der Waals surface area contributed by atoms with Gasteiger partial charge in [-0.2, -0.15) is 0 Å². The van der Waals surface area contributed by atoms with Gasteiger partial charge < -0.3 is 14.2 Å². The number of ether oxygens (including phenoxy) is 2. The van der Waals surface area contributed by atoms with E-state index in [0.29, 0.717) is 17.7 Å². The van der Waals surface area contributed by atoms with Gasteiger partial charge in [-0.15, -0.1) is 0 Å². The van der Waals surface area contributed by atoms with E-state index in [1.807, 2.05) is 0 Å². The van der Waals surface area contributed by atoms with Gasteiger partial charge in [0.05, 0.1) is 30.9 Å². The summed E-state index contributed by atoms with van der Waals surface area (Å²) in [5, 5.41) is 0. The lowest BCUT2D eigenvalue weighted by Gasteiger charge is -2.24. The Morgan fingerprint density at radius 2 is 1.95 bits per heavy atom. The molecular weight excluding hydrogens is 292 g/mol. The fraction of sp³-hybridized carbons (Fsp3) is 0.286. The third-order valence-electron chi connectivity index (χ3n) is 2.94. The number of rotatable bonds is 4. The number of methoxy groups -OCH3 is 1. The van der Waals surface area contributed by atoms with Gasteiger partial charge >= 0.3 is 11.9 Å². The van der Waals surface area contributed by atoms with E-state index in [4.69, 9.17) is 4.74 Å². The van der Waals surface area contributed by atoms with Crippen LogP contribution in [-0.4, -0.2) is 25.7 Å². The molecule has 0 fully saturated rings. The highest BCUT2D eigenvalue weighted by Crippen LogP contribution is 2.27. The van der Waals surface area contributed by atoms with E-state index in [2.05, 4.69) is 14.2 Å². The van der Waals surface area contributed by atoms with Gasteiger partial charge in [-0.05, 0) is 24.6 Å². The summed E-state index contributed by atoms with van der Waals surface area (Å²) < 4.78 is 15.7. The van der Waals surface area contributed by atoms with Crippen molar-refractivity contribution in [3.05, 3.63) is 47.2 Å². The molecule has 0 bridgehead atoms. The average Bonchev–Trinajstić information content (AvgIpc) is 2.54. The van der Waals surface area contributed by atoms with Crippen molar-refractivity contribution < 1.29 is 19.1 Å². The minimum absolute atomic E-state index is 0.304. The van der Waals surface area contributed by atoms with Gasteiger partial charge in [-0.1, -0.05) is 12.1 Å². The standard InChI is InChI=1S/C14H16N2O4S/c1-3-20-14(18)11-8-15-21-16-12(11)9-4-6-10(7-5-9)13(17)19-2/h4-8,12,15-16H,3H2,1-2H3. The van der Waals surface area contributed by atoms with Crippen LogP contribution in [0.4, 0.5) is 0 Å². The predicted molar refractivity (Wildman–Crippen MR) is 79.1 cm³/mol. The molecule has 1 atom stereocenters. The van der Waals surface area contributed by atoms with Gasteiger partial charge in [-0.25, -0.2) is 14.3 Å². The van der Waals surface area contributed by atoms with Crippen LogP contribution in [0.25, 0.3) is 0 Å². The Bertz CT molecular complexity index is 557. The molecule has 2 rings (SSSR count). The number of nitrogens with one attached hydrogen (secondary N) is 2. The highest BCUT2D eigenvalue weighted by molar-refractivity contribution is 7.95. The lowest BCUT2D eigenvalue weighted by atomic mass is 9.99. The summed E-state index contributed by atoms with van der Waals surface area (Å²) in [5.41, 5.74) is 1.81. The molecule has 2 N–H and O–H groups in total. The highest BCUT2D eigenvalue weighted by atomic mass is 32.2. The van der Waals surface area contributed by atoms with E-state index < -0.39 is 5.97 Å². The second kappa shape index (κ2) is 7.14. The summed E-state index contributed by atoms with van der Waals surface area (Å²) in [5.74, 6) is -0.768. The summed E-state index contributed by atoms with van der Waals surface area (Å²) >= 11 is 1.28. The molecule has 0 aromatic heterocycles. The minimum atomic E-state index is -0.393. The Hall–Kier alpha value is -1.99. The van der Waals surface area contributed by atoms with Crippen LogP contribution in [0.15, 0.2) is 36.0 Å². The second-order valence-electron chi connectivity index (χ2n) is 4.20. The van der Waals surface area contributed by atoms with Crippen molar-refractivity contribution in [1.29, 1.82) is 0 Å². The molecule has 0 saturated heterocycles. The Balaban J connectivity index is 2.22. The fourth-order valence-electron chi connectivity index (χ4n) is 1.90. The summed E-state index contributed by atoms with van der Waals surface area (Å²) in [6.45, 7) is 2.08. The third kappa shape index (κ3) is 3.56. The van der Waals surface area contributed by atoms with E-state index in [9.17, 15) is 9.59 Å². The van der Waals surface area contributed by atoms with Crippen LogP contribution in [0.3, 0.4) is 0 Å². The molecule has 0 amide bonds. The van der Waals surface area contributed by atoms with Gasteiger partial charge in [0.25, 0.3) is 0 Å². The van der Waals surface area contributed by atoms with Crippen LogP contribution in [0, 0.1) is 0 Å². The zero-order valence-electron chi connectivity index (χ0n) is 11.7. The normalized spacial score (nSPS) is 17.4. The molecule has 1 heterocycles. The van der Waals surface area contributed by atoms with Crippen molar-refractivity contribution in [3.8, 4) is 0 Å². The first-order valence-corrected chi connectivity index (χ1v) is 7.21. The molecule has 112 valence electrons. The van der Waals surface area contributed by atoms with E-state index in [1.54, 1.807) is 37.4 Å². The summed E-state index contributed by atoms with van der Waals surface area (Å²) in [7, 11) is 1.34. The van der Waals surface area contributed by atoms with Gasteiger partial charge in [0.2, 0.25) is 0 Å². The first kappa shape index (κ1) is 15.4. The summed E-state index contributed by atoms with van der Waals surface area (Å²) in [4.78, 5) is 23.4. The SMILES string of the molecule is CCOC(=O)C1=CNSNC1c1ccc(C(=O)OC)cc1. The third-order valence-corrected chi connectivity index (χ3v) is 3.53. The first-order chi connectivity index (χ1) is 10.2. The molecule has 0 spiro atoms. The number of carbonyl (C=O) groups is 2. The van der Waals surface area contributed by atoms with E-state index in [-0.39, 0.29) is 12.0 Å². The van der Waals surface area contributed by atoms with Crippen molar-refractivity contribution >= 4 is 24.1 Å². The molecule has 21 heavy (non-hydrogen) atoms. The number of esters is 2. The van der Waals surface area contributed by atoms with E-state index >= 15 is 0 Å². The number of hydrogen-bond acceptors (Lipinski definition) is 7. The van der Waals surface area contributed by atoms with Crippen LogP contribution >= 0.6 is 12.1 Å². The van der Waals surface area contributed by atoms with Crippen molar-refractivity contribution in [2.45, 2.75) is 13.0 Å². The molecule has 1 aromatic rings. The molecule has 1 aliphatic heterocycles. The topological polar surface area (TPSA) is 76.7 Å². The molecule has 1 unspecified atom stereocenters. The van der Waals surface area contributed by atoms with Crippen molar-refractivity contribution in [3.63, 3.8) is 0 Å². The largest absolute Gasteiger partial charge is 0.465 e. The summed E-state index contributed by atoms with van der Waals surface area (Å²) in [6, 6.07) is 6.59. The van der Waals surface area contributed by atoms with E-state index in [0.717, 1.165) is 5.56 Å². The van der Waals surface area contributed by atoms with Crippen molar-refractivity contribution in [1.82, 2.24) is 9.44 Å². The highest BCUT2D eigenvalue weighted by Gasteiger charge is 2.26. The molecule has 6 nitrogen and oxygen atoms in total. The maximum Gasteiger partial charge on any atom is 0.337 e. The Morgan fingerprint density at radius 1 is 1.24 bits per heavy atom. The average molecular weight is 308 g/mol. The predicted octanol–water partition coefficient (Wildman–Crippen LogP) is 1.72. The van der Waals surface area contributed by atoms with Gasteiger partial charge in [0.1, 0.15) is 0 Å². The second-order valence-corrected chi connectivity index (χ2v) is 4.88. The van der Waals surface area contributed by atoms with Gasteiger partial charge in [-0.3, -0.25) is 0 Å². The monoisotopic (exact) mass is 308 g/mol. The van der Waals surface area contributed by atoms with Crippen molar-refractivity contribution in [2.24, 2.45) is 0 Å². The number of carbonyl (C=O) groups excluding carboxylic acids is 2. The fourth-order valence-corrected chi connectivity index (χ4v) is 2.54. The minimum Gasteiger partial charge on any atom is -0.465 e. The molecular formula is C14H16N2O4S. The number of hydrogen-bond donors (Lipinski definition) is 2. The van der Waals surface area contributed by atoms with Crippen molar-refractivity contribution in [2.75, 3.05) is 13.7 Å².